The molecule has 0 amide bonds. The van der Waals surface area contributed by atoms with Gasteiger partial charge in [0, 0.05) is 11.6 Å². The Morgan fingerprint density at radius 3 is 2.69 bits per heavy atom. The fraction of sp³-hybridized carbons (Fsp3) is 0.462. The van der Waals surface area contributed by atoms with Gasteiger partial charge in [-0.05, 0) is 38.0 Å². The first-order valence-corrected chi connectivity index (χ1v) is 5.74. The number of rotatable bonds is 3. The highest BCUT2D eigenvalue weighted by atomic mass is 19.1. The van der Waals surface area contributed by atoms with Gasteiger partial charge in [-0.1, -0.05) is 12.8 Å². The zero-order valence-electron chi connectivity index (χ0n) is 9.42. The Morgan fingerprint density at radius 2 is 2.06 bits per heavy atom. The third-order valence-corrected chi connectivity index (χ3v) is 3.09. The topological polar surface area (TPSA) is 29.1 Å². The minimum absolute atomic E-state index is 0.0329. The maximum atomic E-state index is 13.5. The predicted molar refractivity (Wildman–Crippen MR) is 62.3 cm³/mol. The summed E-state index contributed by atoms with van der Waals surface area (Å²) in [6.07, 6.45) is 4.57. The summed E-state index contributed by atoms with van der Waals surface area (Å²) in [7, 11) is 0. The molecular weight excluding hydrogens is 205 g/mol. The quantitative estimate of drug-likeness (QED) is 0.793. The van der Waals surface area contributed by atoms with Crippen LogP contribution in [0.3, 0.4) is 0 Å². The molecule has 0 bridgehead atoms. The fourth-order valence-electron chi connectivity index (χ4n) is 2.14. The van der Waals surface area contributed by atoms with E-state index in [1.165, 1.54) is 31.9 Å². The molecule has 1 aromatic rings. The van der Waals surface area contributed by atoms with E-state index in [0.29, 0.717) is 17.3 Å². The van der Waals surface area contributed by atoms with E-state index in [1.807, 2.05) is 0 Å². The largest absolute Gasteiger partial charge is 0.380 e. The van der Waals surface area contributed by atoms with Crippen molar-refractivity contribution in [3.8, 4) is 0 Å². The van der Waals surface area contributed by atoms with Gasteiger partial charge in [-0.3, -0.25) is 4.79 Å². The third-order valence-electron chi connectivity index (χ3n) is 3.09. The summed E-state index contributed by atoms with van der Waals surface area (Å²) in [5.74, 6) is -0.314. The number of carbonyl (C=O) groups is 1. The van der Waals surface area contributed by atoms with Gasteiger partial charge in [0.25, 0.3) is 0 Å². The summed E-state index contributed by atoms with van der Waals surface area (Å²) in [6, 6.07) is 4.85. The average Bonchev–Trinajstić information content (AvgIpc) is 2.73. The van der Waals surface area contributed by atoms with Crippen molar-refractivity contribution in [1.29, 1.82) is 0 Å². The summed E-state index contributed by atoms with van der Waals surface area (Å²) >= 11 is 0. The van der Waals surface area contributed by atoms with Crippen molar-refractivity contribution in [3.63, 3.8) is 0 Å². The molecular formula is C13H16FNO. The second-order valence-corrected chi connectivity index (χ2v) is 4.38. The highest BCUT2D eigenvalue weighted by Crippen LogP contribution is 2.24. The molecule has 0 unspecified atom stereocenters. The molecule has 1 saturated carbocycles. The Labute approximate surface area is 94.9 Å². The lowest BCUT2D eigenvalue weighted by Crippen LogP contribution is -2.15. The molecule has 1 aliphatic rings. The van der Waals surface area contributed by atoms with Gasteiger partial charge in [0.05, 0.1) is 5.69 Å². The van der Waals surface area contributed by atoms with Crippen LogP contribution in [0.2, 0.25) is 0 Å². The lowest BCUT2D eigenvalue weighted by molar-refractivity contribution is 0.101. The maximum Gasteiger partial charge on any atom is 0.159 e. The van der Waals surface area contributed by atoms with E-state index in [-0.39, 0.29) is 11.6 Å². The van der Waals surface area contributed by atoms with Crippen molar-refractivity contribution in [2.24, 2.45) is 0 Å². The van der Waals surface area contributed by atoms with Crippen LogP contribution in [-0.2, 0) is 0 Å². The molecule has 0 saturated heterocycles. The molecule has 0 aliphatic heterocycles. The maximum absolute atomic E-state index is 13.5. The van der Waals surface area contributed by atoms with Crippen LogP contribution < -0.4 is 5.32 Å². The molecule has 1 N–H and O–H groups in total. The molecule has 0 atom stereocenters. The first kappa shape index (κ1) is 11.1. The SMILES string of the molecule is CC(=O)c1ccc(F)c(NC2CCCC2)c1. The van der Waals surface area contributed by atoms with E-state index >= 15 is 0 Å². The minimum atomic E-state index is -0.281. The van der Waals surface area contributed by atoms with Gasteiger partial charge >= 0.3 is 0 Å². The molecule has 86 valence electrons. The van der Waals surface area contributed by atoms with Gasteiger partial charge in [-0.2, -0.15) is 0 Å². The molecule has 1 aromatic carbocycles. The number of benzene rings is 1. The highest BCUT2D eigenvalue weighted by Gasteiger charge is 2.16. The van der Waals surface area contributed by atoms with E-state index in [9.17, 15) is 9.18 Å². The van der Waals surface area contributed by atoms with Crippen LogP contribution in [0.15, 0.2) is 18.2 Å². The summed E-state index contributed by atoms with van der Waals surface area (Å²) in [6.45, 7) is 1.49. The highest BCUT2D eigenvalue weighted by molar-refractivity contribution is 5.94. The summed E-state index contributed by atoms with van der Waals surface area (Å²) < 4.78 is 13.5. The second kappa shape index (κ2) is 4.64. The second-order valence-electron chi connectivity index (χ2n) is 4.38. The van der Waals surface area contributed by atoms with Gasteiger partial charge in [0.2, 0.25) is 0 Å². The molecule has 3 heteroatoms. The Hall–Kier alpha value is -1.38. The van der Waals surface area contributed by atoms with E-state index < -0.39 is 0 Å². The number of halogens is 1. The van der Waals surface area contributed by atoms with Crippen LogP contribution in [-0.4, -0.2) is 11.8 Å². The van der Waals surface area contributed by atoms with Crippen molar-refractivity contribution < 1.29 is 9.18 Å². The Kier molecular flexibility index (Phi) is 3.22. The molecule has 1 aliphatic carbocycles. The normalized spacial score (nSPS) is 16.4. The van der Waals surface area contributed by atoms with Gasteiger partial charge in [0.15, 0.2) is 5.78 Å². The van der Waals surface area contributed by atoms with Crippen molar-refractivity contribution in [2.75, 3.05) is 5.32 Å². The van der Waals surface area contributed by atoms with Crippen LogP contribution in [0.4, 0.5) is 10.1 Å². The average molecular weight is 221 g/mol. The molecule has 16 heavy (non-hydrogen) atoms. The molecule has 1 fully saturated rings. The number of anilines is 1. The monoisotopic (exact) mass is 221 g/mol. The number of carbonyl (C=O) groups excluding carboxylic acids is 1. The number of Topliss-reactive ketones (excluding diaryl/α,β-unsaturated/α-hetero) is 1. The van der Waals surface area contributed by atoms with E-state index in [0.717, 1.165) is 12.8 Å². The van der Waals surface area contributed by atoms with Crippen molar-refractivity contribution in [1.82, 2.24) is 0 Å². The van der Waals surface area contributed by atoms with Gasteiger partial charge in [-0.15, -0.1) is 0 Å². The molecule has 2 rings (SSSR count). The summed E-state index contributed by atoms with van der Waals surface area (Å²) in [5, 5.41) is 3.18. The smallest absolute Gasteiger partial charge is 0.159 e. The van der Waals surface area contributed by atoms with Crippen LogP contribution in [0.5, 0.6) is 0 Å². The first-order chi connectivity index (χ1) is 7.66. The standard InChI is InChI=1S/C13H16FNO/c1-9(16)10-6-7-12(14)13(8-10)15-11-4-2-3-5-11/h6-8,11,15H,2-5H2,1H3. The predicted octanol–water partition coefficient (Wildman–Crippen LogP) is 3.38. The molecule has 0 radical (unpaired) electrons. The van der Waals surface area contributed by atoms with Crippen LogP contribution in [0.25, 0.3) is 0 Å². The van der Waals surface area contributed by atoms with Crippen molar-refractivity contribution in [2.45, 2.75) is 38.6 Å². The summed E-state index contributed by atoms with van der Waals surface area (Å²) in [5.41, 5.74) is 1.02. The summed E-state index contributed by atoms with van der Waals surface area (Å²) in [4.78, 5) is 11.2. The van der Waals surface area contributed by atoms with Crippen LogP contribution >= 0.6 is 0 Å². The van der Waals surface area contributed by atoms with Crippen molar-refractivity contribution in [3.05, 3.63) is 29.6 Å². The van der Waals surface area contributed by atoms with Gasteiger partial charge < -0.3 is 5.32 Å². The molecule has 0 heterocycles. The Balaban J connectivity index is 2.17. The van der Waals surface area contributed by atoms with E-state index in [1.54, 1.807) is 6.07 Å². The van der Waals surface area contributed by atoms with Gasteiger partial charge in [-0.25, -0.2) is 4.39 Å². The lowest BCUT2D eigenvalue weighted by Gasteiger charge is -2.14. The fourth-order valence-corrected chi connectivity index (χ4v) is 2.14. The zero-order chi connectivity index (χ0) is 11.5. The van der Waals surface area contributed by atoms with Gasteiger partial charge in [0.1, 0.15) is 5.82 Å². The van der Waals surface area contributed by atoms with E-state index in [2.05, 4.69) is 5.32 Å². The number of nitrogens with one attached hydrogen (secondary N) is 1. The van der Waals surface area contributed by atoms with Crippen LogP contribution in [0, 0.1) is 5.82 Å². The number of hydrogen-bond donors (Lipinski definition) is 1. The van der Waals surface area contributed by atoms with Crippen molar-refractivity contribution >= 4 is 11.5 Å². The lowest BCUT2D eigenvalue weighted by atomic mass is 10.1. The molecule has 0 spiro atoms. The third kappa shape index (κ3) is 2.40. The zero-order valence-corrected chi connectivity index (χ0v) is 9.42. The van der Waals surface area contributed by atoms with Crippen LogP contribution in [0.1, 0.15) is 43.0 Å². The first-order valence-electron chi connectivity index (χ1n) is 5.74. The number of ketones is 1. The Morgan fingerprint density at radius 1 is 1.38 bits per heavy atom. The van der Waals surface area contributed by atoms with E-state index in [4.69, 9.17) is 0 Å². The molecule has 2 nitrogen and oxygen atoms in total. The Bertz CT molecular complexity index is 397. The molecule has 0 aromatic heterocycles. The minimum Gasteiger partial charge on any atom is -0.380 e. The number of hydrogen-bond acceptors (Lipinski definition) is 2.